The molecule has 6 heteroatoms. The predicted molar refractivity (Wildman–Crippen MR) is 100 cm³/mol. The lowest BCUT2D eigenvalue weighted by atomic mass is 9.96. The van der Waals surface area contributed by atoms with Gasteiger partial charge >= 0.3 is 0 Å². The van der Waals surface area contributed by atoms with Crippen molar-refractivity contribution in [2.24, 2.45) is 5.92 Å². The zero-order valence-corrected chi connectivity index (χ0v) is 16.4. The first-order valence-corrected chi connectivity index (χ1v) is 9.11. The topological polar surface area (TPSA) is 67.9 Å². The van der Waals surface area contributed by atoms with E-state index in [0.29, 0.717) is 43.3 Å². The van der Waals surface area contributed by atoms with Crippen molar-refractivity contribution in [2.45, 2.75) is 52.1 Å². The molecule has 1 aliphatic heterocycles. The number of nitrogens with one attached hydrogen (secondary N) is 1. The molecule has 0 bridgehead atoms. The third-order valence-electron chi connectivity index (χ3n) is 5.04. The number of ether oxygens (including phenoxy) is 2. The van der Waals surface area contributed by atoms with Crippen molar-refractivity contribution in [2.75, 3.05) is 20.8 Å². The Bertz CT molecular complexity index is 659. The predicted octanol–water partition coefficient (Wildman–Crippen LogP) is 2.75. The molecule has 1 saturated heterocycles. The summed E-state index contributed by atoms with van der Waals surface area (Å²) in [5.74, 6) is 1.76. The molecule has 1 aliphatic rings. The second-order valence-corrected chi connectivity index (χ2v) is 7.37. The number of carbonyl (C=O) groups is 2. The molecule has 1 aromatic carbocycles. The Kier molecular flexibility index (Phi) is 6.51. The summed E-state index contributed by atoms with van der Waals surface area (Å²) in [6.07, 6.45) is 1.83. The van der Waals surface area contributed by atoms with Gasteiger partial charge in [-0.05, 0) is 37.8 Å². The van der Waals surface area contributed by atoms with Gasteiger partial charge in [0.2, 0.25) is 11.8 Å². The Hall–Kier alpha value is -2.24. The molecule has 2 rings (SSSR count). The molecule has 1 N–H and O–H groups in total. The summed E-state index contributed by atoms with van der Waals surface area (Å²) in [7, 11) is 3.18. The van der Waals surface area contributed by atoms with Crippen LogP contribution in [0.15, 0.2) is 18.2 Å². The quantitative estimate of drug-likeness (QED) is 0.772. The van der Waals surface area contributed by atoms with Crippen LogP contribution in [0.2, 0.25) is 0 Å². The number of hydrogen-bond donors (Lipinski definition) is 1. The maximum absolute atomic E-state index is 12.8. The van der Waals surface area contributed by atoms with E-state index in [9.17, 15) is 9.59 Å². The number of nitrogens with zero attached hydrogens (tertiary/aromatic N) is 1. The first-order valence-electron chi connectivity index (χ1n) is 9.11. The Balaban J connectivity index is 2.18. The van der Waals surface area contributed by atoms with E-state index in [1.165, 1.54) is 0 Å². The average Bonchev–Trinajstić information content (AvgIpc) is 2.91. The number of likely N-dealkylation sites (tertiary alicyclic amines) is 1. The highest BCUT2D eigenvalue weighted by Gasteiger charge is 2.47. The summed E-state index contributed by atoms with van der Waals surface area (Å²) < 4.78 is 10.7. The monoisotopic (exact) mass is 362 g/mol. The lowest BCUT2D eigenvalue weighted by molar-refractivity contribution is -0.141. The Morgan fingerprint density at radius 1 is 1.31 bits per heavy atom. The molecular weight excluding hydrogens is 332 g/mol. The molecule has 1 fully saturated rings. The minimum atomic E-state index is -0.834. The standard InChI is InChI=1S/C20H30N2O4/c1-14(2)9-11-21-19(24)20(3)10-8-18(23)22(20)13-15-6-7-16(25-4)12-17(15)26-5/h6-7,12,14H,8-11,13H2,1-5H3,(H,21,24)/t20-/m1/s1. The van der Waals surface area contributed by atoms with Crippen LogP contribution in [-0.2, 0) is 16.1 Å². The van der Waals surface area contributed by atoms with E-state index in [2.05, 4.69) is 19.2 Å². The summed E-state index contributed by atoms with van der Waals surface area (Å²) in [5.41, 5.74) is 0.0173. The fourth-order valence-electron chi connectivity index (χ4n) is 3.21. The van der Waals surface area contributed by atoms with E-state index in [4.69, 9.17) is 9.47 Å². The molecular formula is C20H30N2O4. The number of benzene rings is 1. The Morgan fingerprint density at radius 2 is 2.04 bits per heavy atom. The van der Waals surface area contributed by atoms with Gasteiger partial charge in [-0.1, -0.05) is 13.8 Å². The first kappa shape index (κ1) is 20.1. The van der Waals surface area contributed by atoms with Crippen LogP contribution in [0.1, 0.15) is 45.6 Å². The van der Waals surface area contributed by atoms with Crippen molar-refractivity contribution < 1.29 is 19.1 Å². The van der Waals surface area contributed by atoms with E-state index in [-0.39, 0.29) is 11.8 Å². The van der Waals surface area contributed by atoms with Crippen molar-refractivity contribution >= 4 is 11.8 Å². The Labute approximate surface area is 155 Å². The third kappa shape index (κ3) is 4.29. The summed E-state index contributed by atoms with van der Waals surface area (Å²) in [5, 5.41) is 3.00. The Morgan fingerprint density at radius 3 is 2.65 bits per heavy atom. The van der Waals surface area contributed by atoms with Gasteiger partial charge in [0.15, 0.2) is 0 Å². The highest BCUT2D eigenvalue weighted by atomic mass is 16.5. The van der Waals surface area contributed by atoms with Crippen LogP contribution in [0, 0.1) is 5.92 Å². The number of hydrogen-bond acceptors (Lipinski definition) is 4. The molecule has 6 nitrogen and oxygen atoms in total. The number of carbonyl (C=O) groups excluding carboxylic acids is 2. The van der Waals surface area contributed by atoms with Crippen molar-refractivity contribution in [1.82, 2.24) is 10.2 Å². The van der Waals surface area contributed by atoms with Gasteiger partial charge in [0, 0.05) is 24.6 Å². The van der Waals surface area contributed by atoms with E-state index in [1.807, 2.05) is 19.1 Å². The molecule has 0 spiro atoms. The highest BCUT2D eigenvalue weighted by molar-refractivity contribution is 5.94. The normalized spacial score (nSPS) is 19.8. The number of methoxy groups -OCH3 is 2. The maximum Gasteiger partial charge on any atom is 0.245 e. The van der Waals surface area contributed by atoms with Crippen molar-refractivity contribution in [3.05, 3.63) is 23.8 Å². The lowest BCUT2D eigenvalue weighted by Gasteiger charge is -2.34. The van der Waals surface area contributed by atoms with Gasteiger partial charge in [-0.3, -0.25) is 9.59 Å². The van der Waals surface area contributed by atoms with Gasteiger partial charge in [0.1, 0.15) is 17.0 Å². The van der Waals surface area contributed by atoms with Gasteiger partial charge in [-0.15, -0.1) is 0 Å². The van der Waals surface area contributed by atoms with Crippen LogP contribution in [0.25, 0.3) is 0 Å². The lowest BCUT2D eigenvalue weighted by Crippen LogP contribution is -2.54. The van der Waals surface area contributed by atoms with Crippen LogP contribution in [0.5, 0.6) is 11.5 Å². The fraction of sp³-hybridized carbons (Fsp3) is 0.600. The van der Waals surface area contributed by atoms with Crippen LogP contribution in [-0.4, -0.2) is 43.0 Å². The van der Waals surface area contributed by atoms with Crippen molar-refractivity contribution in [3.8, 4) is 11.5 Å². The largest absolute Gasteiger partial charge is 0.497 e. The third-order valence-corrected chi connectivity index (χ3v) is 5.04. The summed E-state index contributed by atoms with van der Waals surface area (Å²) in [6.45, 7) is 7.04. The average molecular weight is 362 g/mol. The molecule has 144 valence electrons. The number of rotatable bonds is 8. The van der Waals surface area contributed by atoms with Crippen LogP contribution in [0.3, 0.4) is 0 Å². The van der Waals surface area contributed by atoms with Gasteiger partial charge < -0.3 is 19.7 Å². The molecule has 0 aliphatic carbocycles. The van der Waals surface area contributed by atoms with Crippen LogP contribution < -0.4 is 14.8 Å². The van der Waals surface area contributed by atoms with E-state index < -0.39 is 5.54 Å². The molecule has 0 radical (unpaired) electrons. The van der Waals surface area contributed by atoms with Gasteiger partial charge in [0.05, 0.1) is 20.8 Å². The van der Waals surface area contributed by atoms with Crippen LogP contribution >= 0.6 is 0 Å². The molecule has 1 atom stereocenters. The number of amides is 2. The molecule has 1 aromatic rings. The molecule has 0 aromatic heterocycles. The van der Waals surface area contributed by atoms with E-state index in [0.717, 1.165) is 12.0 Å². The van der Waals surface area contributed by atoms with Crippen LogP contribution in [0.4, 0.5) is 0 Å². The summed E-state index contributed by atoms with van der Waals surface area (Å²) in [4.78, 5) is 26.9. The zero-order chi connectivity index (χ0) is 19.3. The van der Waals surface area contributed by atoms with Gasteiger partial charge in [-0.25, -0.2) is 0 Å². The molecule has 1 heterocycles. The van der Waals surface area contributed by atoms with Crippen molar-refractivity contribution in [3.63, 3.8) is 0 Å². The van der Waals surface area contributed by atoms with Crippen molar-refractivity contribution in [1.29, 1.82) is 0 Å². The first-order chi connectivity index (χ1) is 12.3. The highest BCUT2D eigenvalue weighted by Crippen LogP contribution is 2.34. The molecule has 26 heavy (non-hydrogen) atoms. The smallest absolute Gasteiger partial charge is 0.245 e. The summed E-state index contributed by atoms with van der Waals surface area (Å²) in [6, 6.07) is 5.49. The minimum absolute atomic E-state index is 0.00983. The van der Waals surface area contributed by atoms with E-state index in [1.54, 1.807) is 25.2 Å². The molecule has 0 unspecified atom stereocenters. The SMILES string of the molecule is COc1ccc(CN2C(=O)CC[C@]2(C)C(=O)NCCC(C)C)c(OC)c1. The second-order valence-electron chi connectivity index (χ2n) is 7.37. The van der Waals surface area contributed by atoms with E-state index >= 15 is 0 Å². The van der Waals surface area contributed by atoms with Gasteiger partial charge in [-0.2, -0.15) is 0 Å². The fourth-order valence-corrected chi connectivity index (χ4v) is 3.21. The van der Waals surface area contributed by atoms with Gasteiger partial charge in [0.25, 0.3) is 0 Å². The zero-order valence-electron chi connectivity index (χ0n) is 16.4. The summed E-state index contributed by atoms with van der Waals surface area (Å²) >= 11 is 0. The molecule has 0 saturated carbocycles. The second kappa shape index (κ2) is 8.43. The maximum atomic E-state index is 12.8. The molecule has 2 amide bonds. The minimum Gasteiger partial charge on any atom is -0.497 e.